The summed E-state index contributed by atoms with van der Waals surface area (Å²) in [6.07, 6.45) is 0. The first kappa shape index (κ1) is 13.0. The van der Waals surface area contributed by atoms with Crippen molar-refractivity contribution in [3.8, 4) is 0 Å². The molecule has 0 aromatic heterocycles. The van der Waals surface area contributed by atoms with Crippen LogP contribution in [0.5, 0.6) is 0 Å². The van der Waals surface area contributed by atoms with E-state index in [1.807, 2.05) is 6.07 Å². The van der Waals surface area contributed by atoms with Gasteiger partial charge in [0.1, 0.15) is 5.84 Å². The maximum absolute atomic E-state index is 7.28. The zero-order valence-electron chi connectivity index (χ0n) is 9.59. The van der Waals surface area contributed by atoms with Crippen LogP contribution in [0.3, 0.4) is 0 Å². The van der Waals surface area contributed by atoms with Crippen molar-refractivity contribution in [2.24, 2.45) is 11.7 Å². The van der Waals surface area contributed by atoms with Gasteiger partial charge in [-0.15, -0.1) is 0 Å². The predicted molar refractivity (Wildman–Crippen MR) is 67.0 cm³/mol. The molecule has 0 heterocycles. The Bertz CT molecular complexity index is 377. The number of halogens is 1. The molecule has 1 aromatic rings. The summed E-state index contributed by atoms with van der Waals surface area (Å²) < 4.78 is 5.49. The molecule has 0 bridgehead atoms. The van der Waals surface area contributed by atoms with Gasteiger partial charge in [0, 0.05) is 17.2 Å². The summed E-state index contributed by atoms with van der Waals surface area (Å²) in [5, 5.41) is 7.88. The summed E-state index contributed by atoms with van der Waals surface area (Å²) in [5.74, 6) is 0.534. The van der Waals surface area contributed by atoms with Crippen molar-refractivity contribution in [1.29, 1.82) is 5.41 Å². The van der Waals surface area contributed by atoms with E-state index in [0.717, 1.165) is 5.56 Å². The monoisotopic (exact) mass is 240 g/mol. The Morgan fingerprint density at radius 3 is 2.69 bits per heavy atom. The Balaban J connectivity index is 2.64. The Morgan fingerprint density at radius 1 is 1.50 bits per heavy atom. The van der Waals surface area contributed by atoms with Gasteiger partial charge in [-0.3, -0.25) is 5.41 Å². The third-order valence-corrected chi connectivity index (χ3v) is 2.42. The lowest BCUT2D eigenvalue weighted by Gasteiger charge is -2.09. The van der Waals surface area contributed by atoms with Crippen molar-refractivity contribution in [2.75, 3.05) is 6.61 Å². The molecule has 3 nitrogen and oxygen atoms in total. The van der Waals surface area contributed by atoms with Crippen LogP contribution in [0.25, 0.3) is 0 Å². The molecule has 0 radical (unpaired) electrons. The first-order valence-electron chi connectivity index (χ1n) is 5.21. The second-order valence-electron chi connectivity index (χ2n) is 4.13. The average molecular weight is 241 g/mol. The molecule has 0 spiro atoms. The molecule has 0 amide bonds. The van der Waals surface area contributed by atoms with Gasteiger partial charge in [-0.1, -0.05) is 37.6 Å². The highest BCUT2D eigenvalue weighted by Gasteiger charge is 2.04. The van der Waals surface area contributed by atoms with Gasteiger partial charge >= 0.3 is 0 Å². The van der Waals surface area contributed by atoms with E-state index in [2.05, 4.69) is 13.8 Å². The quantitative estimate of drug-likeness (QED) is 0.614. The highest BCUT2D eigenvalue weighted by molar-refractivity contribution is 6.31. The van der Waals surface area contributed by atoms with E-state index in [1.54, 1.807) is 12.1 Å². The van der Waals surface area contributed by atoms with E-state index < -0.39 is 0 Å². The van der Waals surface area contributed by atoms with E-state index in [9.17, 15) is 0 Å². The number of nitrogens with two attached hydrogens (primary N) is 1. The fraction of sp³-hybridized carbons (Fsp3) is 0.417. The van der Waals surface area contributed by atoms with Crippen LogP contribution >= 0.6 is 11.6 Å². The molecule has 0 atom stereocenters. The van der Waals surface area contributed by atoms with Crippen molar-refractivity contribution < 1.29 is 4.74 Å². The zero-order chi connectivity index (χ0) is 12.1. The molecule has 0 aliphatic rings. The minimum Gasteiger partial charge on any atom is -0.384 e. The van der Waals surface area contributed by atoms with Crippen molar-refractivity contribution in [2.45, 2.75) is 20.5 Å². The Morgan fingerprint density at radius 2 is 2.19 bits per heavy atom. The van der Waals surface area contributed by atoms with Gasteiger partial charge in [0.05, 0.1) is 6.61 Å². The molecule has 0 fully saturated rings. The van der Waals surface area contributed by atoms with Crippen LogP contribution < -0.4 is 5.73 Å². The number of benzene rings is 1. The molecule has 4 heteroatoms. The molecular formula is C12H17ClN2O. The molecule has 88 valence electrons. The summed E-state index contributed by atoms with van der Waals surface area (Å²) in [6, 6.07) is 5.32. The number of hydrogen-bond acceptors (Lipinski definition) is 2. The van der Waals surface area contributed by atoms with Crippen molar-refractivity contribution in [3.05, 3.63) is 34.3 Å². The van der Waals surface area contributed by atoms with Gasteiger partial charge in [-0.25, -0.2) is 0 Å². The minimum absolute atomic E-state index is 0.0246. The fourth-order valence-electron chi connectivity index (χ4n) is 1.24. The molecule has 1 rings (SSSR count). The smallest absolute Gasteiger partial charge is 0.122 e. The van der Waals surface area contributed by atoms with Gasteiger partial charge in [-0.05, 0) is 17.5 Å². The van der Waals surface area contributed by atoms with Crippen LogP contribution in [0, 0.1) is 11.3 Å². The van der Waals surface area contributed by atoms with Crippen LogP contribution in [0.15, 0.2) is 18.2 Å². The molecule has 3 N–H and O–H groups in total. The molecule has 16 heavy (non-hydrogen) atoms. The third kappa shape index (κ3) is 3.83. The number of nitrogen functional groups attached to an aromatic ring is 1. The highest BCUT2D eigenvalue weighted by Crippen LogP contribution is 2.18. The number of ether oxygens (including phenoxy) is 1. The van der Waals surface area contributed by atoms with Crippen LogP contribution in [0.2, 0.25) is 5.02 Å². The lowest BCUT2D eigenvalue weighted by molar-refractivity contribution is 0.0971. The largest absolute Gasteiger partial charge is 0.384 e. The average Bonchev–Trinajstić information content (AvgIpc) is 2.19. The van der Waals surface area contributed by atoms with Gasteiger partial charge in [0.25, 0.3) is 0 Å². The second kappa shape index (κ2) is 5.87. The van der Waals surface area contributed by atoms with Crippen LogP contribution in [-0.2, 0) is 11.3 Å². The molecule has 0 unspecified atom stereocenters. The molecule has 1 aromatic carbocycles. The van der Waals surface area contributed by atoms with E-state index in [-0.39, 0.29) is 5.84 Å². The third-order valence-electron chi connectivity index (χ3n) is 2.07. The lowest BCUT2D eigenvalue weighted by atomic mass is 10.1. The zero-order valence-corrected chi connectivity index (χ0v) is 10.3. The normalized spacial score (nSPS) is 10.8. The van der Waals surface area contributed by atoms with E-state index in [0.29, 0.717) is 29.7 Å². The van der Waals surface area contributed by atoms with Crippen LogP contribution in [0.1, 0.15) is 25.0 Å². The molecule has 0 aliphatic carbocycles. The van der Waals surface area contributed by atoms with E-state index in [4.69, 9.17) is 27.5 Å². The first-order chi connectivity index (χ1) is 7.50. The first-order valence-corrected chi connectivity index (χ1v) is 5.59. The molecular weight excluding hydrogens is 224 g/mol. The van der Waals surface area contributed by atoms with Crippen molar-refractivity contribution in [1.82, 2.24) is 0 Å². The van der Waals surface area contributed by atoms with Gasteiger partial charge < -0.3 is 10.5 Å². The molecule has 0 saturated carbocycles. The number of rotatable bonds is 5. The SMILES string of the molecule is CC(C)COCc1ccc(C(=N)N)cc1Cl. The fourth-order valence-corrected chi connectivity index (χ4v) is 1.47. The van der Waals surface area contributed by atoms with Gasteiger partial charge in [0.15, 0.2) is 0 Å². The minimum atomic E-state index is 0.0246. The Kier molecular flexibility index (Phi) is 4.77. The summed E-state index contributed by atoms with van der Waals surface area (Å²) in [7, 11) is 0. The maximum Gasteiger partial charge on any atom is 0.122 e. The topological polar surface area (TPSA) is 59.1 Å². The summed E-state index contributed by atoms with van der Waals surface area (Å²) in [4.78, 5) is 0. The van der Waals surface area contributed by atoms with Crippen molar-refractivity contribution in [3.63, 3.8) is 0 Å². The molecule has 0 aliphatic heterocycles. The number of hydrogen-bond donors (Lipinski definition) is 2. The summed E-state index contributed by atoms with van der Waals surface area (Å²) in [5.41, 5.74) is 6.93. The summed E-state index contributed by atoms with van der Waals surface area (Å²) in [6.45, 7) is 5.40. The highest BCUT2D eigenvalue weighted by atomic mass is 35.5. The maximum atomic E-state index is 7.28. The van der Waals surface area contributed by atoms with Crippen LogP contribution in [-0.4, -0.2) is 12.4 Å². The lowest BCUT2D eigenvalue weighted by Crippen LogP contribution is -2.11. The number of amidine groups is 1. The standard InChI is InChI=1S/C12H17ClN2O/c1-8(2)6-16-7-10-4-3-9(12(14)15)5-11(10)13/h3-5,8H,6-7H2,1-2H3,(H3,14,15). The Hall–Kier alpha value is -1.06. The number of nitrogens with one attached hydrogen (secondary N) is 1. The van der Waals surface area contributed by atoms with Gasteiger partial charge in [-0.2, -0.15) is 0 Å². The van der Waals surface area contributed by atoms with E-state index >= 15 is 0 Å². The summed E-state index contributed by atoms with van der Waals surface area (Å²) >= 11 is 6.06. The molecule has 0 saturated heterocycles. The Labute approximate surface area is 101 Å². The van der Waals surface area contributed by atoms with Crippen molar-refractivity contribution >= 4 is 17.4 Å². The predicted octanol–water partition coefficient (Wildman–Crippen LogP) is 2.80. The van der Waals surface area contributed by atoms with Crippen LogP contribution in [0.4, 0.5) is 0 Å². The second-order valence-corrected chi connectivity index (χ2v) is 4.54. The van der Waals surface area contributed by atoms with E-state index in [1.165, 1.54) is 0 Å². The van der Waals surface area contributed by atoms with Gasteiger partial charge in [0.2, 0.25) is 0 Å².